The number of carbonyl (C=O) groups excluding carboxylic acids is 2. The molecule has 0 aromatic heterocycles. The van der Waals surface area contributed by atoms with Crippen molar-refractivity contribution in [2.45, 2.75) is 20.0 Å². The summed E-state index contributed by atoms with van der Waals surface area (Å²) in [6, 6.07) is 6.52. The first-order chi connectivity index (χ1) is 9.38. The highest BCUT2D eigenvalue weighted by atomic mass is 79.9. The number of Topliss-reactive ketones (excluding diaryl/α,β-unsaturated/α-hetero) is 1. The lowest BCUT2D eigenvalue weighted by Gasteiger charge is -2.12. The molecule has 0 heterocycles. The summed E-state index contributed by atoms with van der Waals surface area (Å²) in [6.45, 7) is 3.73. The van der Waals surface area contributed by atoms with Crippen molar-refractivity contribution in [3.05, 3.63) is 28.2 Å². The van der Waals surface area contributed by atoms with Crippen LogP contribution in [0.5, 0.6) is 5.75 Å². The number of hydrogen-bond donors (Lipinski definition) is 1. The van der Waals surface area contributed by atoms with E-state index in [0.29, 0.717) is 10.2 Å². The van der Waals surface area contributed by atoms with Crippen LogP contribution in [0.1, 0.15) is 24.2 Å². The van der Waals surface area contributed by atoms with Gasteiger partial charge in [0.25, 0.3) is 0 Å². The molecule has 1 N–H and O–H groups in total. The van der Waals surface area contributed by atoms with Crippen molar-refractivity contribution in [3.63, 3.8) is 0 Å². The van der Waals surface area contributed by atoms with E-state index in [1.165, 1.54) is 13.1 Å². The normalized spacial score (nSPS) is 11.6. The highest BCUT2D eigenvalue weighted by molar-refractivity contribution is 9.10. The van der Waals surface area contributed by atoms with Crippen LogP contribution in [0.15, 0.2) is 22.7 Å². The van der Waals surface area contributed by atoms with Crippen LogP contribution in [0.3, 0.4) is 0 Å². The van der Waals surface area contributed by atoms with Crippen LogP contribution in [0.25, 0.3) is 0 Å². The summed E-state index contributed by atoms with van der Waals surface area (Å²) in [7, 11) is 1.38. The predicted molar refractivity (Wildman–Crippen MR) is 77.4 cm³/mol. The highest BCUT2D eigenvalue weighted by Gasteiger charge is 2.27. The van der Waals surface area contributed by atoms with Gasteiger partial charge in [0, 0.05) is 17.1 Å². The molecule has 0 spiro atoms. The Morgan fingerprint density at radius 3 is 2.50 bits per heavy atom. The Bertz CT molecular complexity index is 564. The van der Waals surface area contributed by atoms with Crippen LogP contribution < -0.4 is 10.1 Å². The van der Waals surface area contributed by atoms with Gasteiger partial charge in [-0.05, 0) is 32.0 Å². The third-order valence-corrected chi connectivity index (χ3v) is 2.89. The van der Waals surface area contributed by atoms with Crippen molar-refractivity contribution in [3.8, 4) is 11.8 Å². The summed E-state index contributed by atoms with van der Waals surface area (Å²) in [5, 5.41) is 11.3. The zero-order valence-electron chi connectivity index (χ0n) is 11.4. The smallest absolute Gasteiger partial charge is 0.245 e. The highest BCUT2D eigenvalue weighted by Crippen LogP contribution is 2.24. The van der Waals surface area contributed by atoms with Crippen LogP contribution in [0, 0.1) is 17.2 Å². The van der Waals surface area contributed by atoms with Crippen molar-refractivity contribution in [2.24, 2.45) is 5.92 Å². The molecule has 5 nitrogen and oxygen atoms in total. The average molecular weight is 339 g/mol. The minimum Gasteiger partial charge on any atom is -0.491 e. The number of benzene rings is 1. The molecule has 0 saturated carbocycles. The second-order valence-corrected chi connectivity index (χ2v) is 5.30. The molecule has 1 atom stereocenters. The molecule has 0 aliphatic rings. The number of nitrogens with one attached hydrogen (secondary N) is 1. The van der Waals surface area contributed by atoms with E-state index in [2.05, 4.69) is 21.2 Å². The first-order valence-corrected chi connectivity index (χ1v) is 6.81. The van der Waals surface area contributed by atoms with Gasteiger partial charge in [-0.15, -0.1) is 0 Å². The van der Waals surface area contributed by atoms with Crippen LogP contribution in [-0.4, -0.2) is 24.8 Å². The lowest BCUT2D eigenvalue weighted by atomic mass is 9.98. The molecule has 1 amide bonds. The van der Waals surface area contributed by atoms with Crippen LogP contribution in [-0.2, 0) is 4.79 Å². The Morgan fingerprint density at radius 1 is 1.35 bits per heavy atom. The lowest BCUT2D eigenvalue weighted by molar-refractivity contribution is -0.121. The van der Waals surface area contributed by atoms with Gasteiger partial charge in [-0.3, -0.25) is 9.59 Å². The molecule has 1 aromatic rings. The summed E-state index contributed by atoms with van der Waals surface area (Å²) in [5.41, 5.74) is 0.255. The zero-order valence-corrected chi connectivity index (χ0v) is 13.0. The number of nitriles is 1. The van der Waals surface area contributed by atoms with Gasteiger partial charge >= 0.3 is 0 Å². The quantitative estimate of drug-likeness (QED) is 0.659. The molecule has 0 unspecified atom stereocenters. The molecule has 20 heavy (non-hydrogen) atoms. The molecule has 1 aromatic carbocycles. The van der Waals surface area contributed by atoms with E-state index >= 15 is 0 Å². The number of ether oxygens (including phenoxy) is 1. The monoisotopic (exact) mass is 338 g/mol. The second-order valence-electron chi connectivity index (χ2n) is 4.38. The largest absolute Gasteiger partial charge is 0.491 e. The van der Waals surface area contributed by atoms with Crippen LogP contribution in [0.4, 0.5) is 0 Å². The number of ketones is 1. The van der Waals surface area contributed by atoms with E-state index in [-0.39, 0.29) is 11.7 Å². The van der Waals surface area contributed by atoms with Crippen molar-refractivity contribution in [1.29, 1.82) is 5.26 Å². The van der Waals surface area contributed by atoms with Gasteiger partial charge in [0.15, 0.2) is 11.7 Å². The summed E-state index contributed by atoms with van der Waals surface area (Å²) < 4.78 is 6.17. The van der Waals surface area contributed by atoms with E-state index in [1.807, 2.05) is 13.8 Å². The van der Waals surface area contributed by atoms with E-state index in [9.17, 15) is 9.59 Å². The Morgan fingerprint density at radius 2 is 2.00 bits per heavy atom. The van der Waals surface area contributed by atoms with Crippen molar-refractivity contribution >= 4 is 27.6 Å². The summed E-state index contributed by atoms with van der Waals surface area (Å²) in [6.07, 6.45) is -0.0436. The first kappa shape index (κ1) is 16.2. The van der Waals surface area contributed by atoms with Gasteiger partial charge in [0.05, 0.1) is 12.2 Å². The van der Waals surface area contributed by atoms with Gasteiger partial charge in [0.1, 0.15) is 5.75 Å². The number of nitrogens with zero attached hydrogens (tertiary/aromatic N) is 1. The number of amides is 1. The number of halogens is 1. The molecule has 0 saturated heterocycles. The fraction of sp³-hybridized carbons (Fsp3) is 0.357. The predicted octanol–water partition coefficient (Wildman–Crippen LogP) is 2.30. The van der Waals surface area contributed by atoms with E-state index in [4.69, 9.17) is 10.00 Å². The minimum atomic E-state index is -1.36. The zero-order chi connectivity index (χ0) is 15.3. The molecule has 1 rings (SSSR count). The van der Waals surface area contributed by atoms with Gasteiger partial charge in [-0.25, -0.2) is 0 Å². The van der Waals surface area contributed by atoms with E-state index < -0.39 is 17.6 Å². The standard InChI is InChI=1S/C14H15BrN2O3/c1-8(2)20-11-5-9(4-10(15)6-11)13(18)12(7-16)14(19)17-3/h4-6,8,12H,1-3H3,(H,17,19)/t12-/m0/s1. The number of carbonyl (C=O) groups is 2. The molecule has 106 valence electrons. The molecular formula is C14H15BrN2O3. The van der Waals surface area contributed by atoms with Gasteiger partial charge in [-0.1, -0.05) is 15.9 Å². The molecule has 0 aliphatic carbocycles. The topological polar surface area (TPSA) is 79.2 Å². The summed E-state index contributed by atoms with van der Waals surface area (Å²) in [5.74, 6) is -2.03. The molecule has 6 heteroatoms. The fourth-order valence-electron chi connectivity index (χ4n) is 1.59. The van der Waals surface area contributed by atoms with Crippen LogP contribution >= 0.6 is 15.9 Å². The maximum Gasteiger partial charge on any atom is 0.245 e. The fourth-order valence-corrected chi connectivity index (χ4v) is 2.06. The Balaban J connectivity index is 3.12. The number of hydrogen-bond acceptors (Lipinski definition) is 4. The van der Waals surface area contributed by atoms with Gasteiger partial charge < -0.3 is 10.1 Å². The van der Waals surface area contributed by atoms with Crippen molar-refractivity contribution in [2.75, 3.05) is 7.05 Å². The summed E-state index contributed by atoms with van der Waals surface area (Å²) >= 11 is 3.28. The Kier molecular flexibility index (Phi) is 5.71. The first-order valence-electron chi connectivity index (χ1n) is 6.01. The SMILES string of the molecule is CNC(=O)[C@@H](C#N)C(=O)c1cc(Br)cc(OC(C)C)c1. The maximum absolute atomic E-state index is 12.2. The van der Waals surface area contributed by atoms with E-state index in [1.54, 1.807) is 18.2 Å². The molecule has 0 aliphatic heterocycles. The third-order valence-electron chi connectivity index (χ3n) is 2.43. The second kappa shape index (κ2) is 7.06. The minimum absolute atomic E-state index is 0.0436. The number of rotatable bonds is 5. The van der Waals surface area contributed by atoms with Gasteiger partial charge in [-0.2, -0.15) is 5.26 Å². The lowest BCUT2D eigenvalue weighted by Crippen LogP contribution is -2.32. The maximum atomic E-state index is 12.2. The Labute approximate surface area is 126 Å². The van der Waals surface area contributed by atoms with Crippen molar-refractivity contribution in [1.82, 2.24) is 5.32 Å². The van der Waals surface area contributed by atoms with Crippen molar-refractivity contribution < 1.29 is 14.3 Å². The Hall–Kier alpha value is -1.87. The molecule has 0 radical (unpaired) electrons. The average Bonchev–Trinajstić information content (AvgIpc) is 2.37. The van der Waals surface area contributed by atoms with Gasteiger partial charge in [0.2, 0.25) is 5.91 Å². The van der Waals surface area contributed by atoms with E-state index in [0.717, 1.165) is 0 Å². The molecular weight excluding hydrogens is 324 g/mol. The van der Waals surface area contributed by atoms with Crippen LogP contribution in [0.2, 0.25) is 0 Å². The molecule has 0 bridgehead atoms. The summed E-state index contributed by atoms with van der Waals surface area (Å²) in [4.78, 5) is 23.7. The third kappa shape index (κ3) is 4.07. The molecule has 0 fully saturated rings.